The van der Waals surface area contributed by atoms with E-state index in [2.05, 4.69) is 46.4 Å². The van der Waals surface area contributed by atoms with Crippen molar-refractivity contribution in [3.05, 3.63) is 29.8 Å². The summed E-state index contributed by atoms with van der Waals surface area (Å²) in [7, 11) is 0. The van der Waals surface area contributed by atoms with Crippen LogP contribution in [0.15, 0.2) is 29.3 Å². The number of nitrogens with one attached hydrogen (secondary N) is 1. The van der Waals surface area contributed by atoms with Gasteiger partial charge in [0.15, 0.2) is 5.96 Å². The average Bonchev–Trinajstić information content (AvgIpc) is 2.52. The van der Waals surface area contributed by atoms with E-state index in [-0.39, 0.29) is 24.0 Å². The quantitative estimate of drug-likeness (QED) is 0.448. The number of morpholine rings is 1. The number of aliphatic imine (C=N–C) groups is 1. The van der Waals surface area contributed by atoms with E-state index in [1.807, 2.05) is 0 Å². The third-order valence-electron chi connectivity index (χ3n) is 3.30. The maximum absolute atomic E-state index is 5.77. The summed E-state index contributed by atoms with van der Waals surface area (Å²) >= 11 is 0. The lowest BCUT2D eigenvalue weighted by Crippen LogP contribution is -2.36. The summed E-state index contributed by atoms with van der Waals surface area (Å²) in [6.07, 6.45) is 1.05. The van der Waals surface area contributed by atoms with Gasteiger partial charge in [0, 0.05) is 25.3 Å². The van der Waals surface area contributed by atoms with Crippen molar-refractivity contribution in [3.63, 3.8) is 0 Å². The molecule has 0 aromatic heterocycles. The van der Waals surface area contributed by atoms with E-state index >= 15 is 0 Å². The molecule has 0 amide bonds. The van der Waals surface area contributed by atoms with Crippen molar-refractivity contribution in [2.45, 2.75) is 19.9 Å². The molecule has 0 radical (unpaired) electrons. The van der Waals surface area contributed by atoms with Crippen LogP contribution in [0.2, 0.25) is 0 Å². The number of benzene rings is 1. The van der Waals surface area contributed by atoms with Crippen LogP contribution in [0.25, 0.3) is 0 Å². The second-order valence-electron chi connectivity index (χ2n) is 4.89. The molecule has 1 aliphatic rings. The SMILES string of the molecule is CCCNC(N)=NCc1ccc(N2CCOCC2)cc1.I. The molecule has 118 valence electrons. The van der Waals surface area contributed by atoms with Gasteiger partial charge in [0.25, 0.3) is 0 Å². The van der Waals surface area contributed by atoms with Crippen LogP contribution in [0.5, 0.6) is 0 Å². The van der Waals surface area contributed by atoms with Crippen LogP contribution in [0, 0.1) is 0 Å². The molecular formula is C15H25IN4O. The van der Waals surface area contributed by atoms with Crippen LogP contribution < -0.4 is 16.0 Å². The van der Waals surface area contributed by atoms with E-state index in [1.54, 1.807) is 0 Å². The first-order chi connectivity index (χ1) is 9.79. The van der Waals surface area contributed by atoms with Crippen LogP contribution in [0.4, 0.5) is 5.69 Å². The Kier molecular flexibility index (Phi) is 8.44. The Balaban J connectivity index is 0.00000220. The van der Waals surface area contributed by atoms with E-state index in [0.717, 1.165) is 39.3 Å². The Morgan fingerprint density at radius 1 is 1.29 bits per heavy atom. The molecule has 0 saturated carbocycles. The van der Waals surface area contributed by atoms with Gasteiger partial charge in [-0.25, -0.2) is 4.99 Å². The van der Waals surface area contributed by atoms with Gasteiger partial charge in [-0.05, 0) is 24.1 Å². The van der Waals surface area contributed by atoms with Gasteiger partial charge in [-0.15, -0.1) is 24.0 Å². The predicted octanol–water partition coefficient (Wildman–Crippen LogP) is 1.96. The zero-order chi connectivity index (χ0) is 14.2. The molecular weight excluding hydrogens is 379 g/mol. The molecule has 2 rings (SSSR count). The van der Waals surface area contributed by atoms with Crippen molar-refractivity contribution in [2.24, 2.45) is 10.7 Å². The van der Waals surface area contributed by atoms with Gasteiger partial charge in [-0.3, -0.25) is 0 Å². The van der Waals surface area contributed by atoms with Crippen LogP contribution in [0.3, 0.4) is 0 Å². The monoisotopic (exact) mass is 404 g/mol. The largest absolute Gasteiger partial charge is 0.378 e. The maximum atomic E-state index is 5.77. The number of anilines is 1. The highest BCUT2D eigenvalue weighted by Crippen LogP contribution is 2.16. The summed E-state index contributed by atoms with van der Waals surface area (Å²) in [4.78, 5) is 6.66. The molecule has 1 saturated heterocycles. The van der Waals surface area contributed by atoms with Crippen molar-refractivity contribution in [3.8, 4) is 0 Å². The maximum Gasteiger partial charge on any atom is 0.188 e. The van der Waals surface area contributed by atoms with Gasteiger partial charge in [0.1, 0.15) is 0 Å². The minimum atomic E-state index is 0. The highest BCUT2D eigenvalue weighted by molar-refractivity contribution is 14.0. The Bertz CT molecular complexity index is 430. The number of nitrogens with zero attached hydrogens (tertiary/aromatic N) is 2. The average molecular weight is 404 g/mol. The first kappa shape index (κ1) is 18.0. The van der Waals surface area contributed by atoms with Crippen molar-refractivity contribution < 1.29 is 4.74 Å². The summed E-state index contributed by atoms with van der Waals surface area (Å²) in [6, 6.07) is 8.51. The Morgan fingerprint density at radius 3 is 2.57 bits per heavy atom. The summed E-state index contributed by atoms with van der Waals surface area (Å²) in [5.74, 6) is 0.518. The van der Waals surface area contributed by atoms with Gasteiger partial charge in [-0.2, -0.15) is 0 Å². The first-order valence-corrected chi connectivity index (χ1v) is 7.25. The third-order valence-corrected chi connectivity index (χ3v) is 3.30. The summed E-state index contributed by atoms with van der Waals surface area (Å²) in [5, 5.41) is 3.07. The second kappa shape index (κ2) is 9.83. The minimum absolute atomic E-state index is 0. The molecule has 0 bridgehead atoms. The molecule has 1 aromatic rings. The van der Waals surface area contributed by atoms with Crippen molar-refractivity contribution in [1.82, 2.24) is 5.32 Å². The van der Waals surface area contributed by atoms with Crippen LogP contribution in [0.1, 0.15) is 18.9 Å². The van der Waals surface area contributed by atoms with Crippen LogP contribution in [-0.4, -0.2) is 38.8 Å². The third kappa shape index (κ3) is 6.09. The zero-order valence-electron chi connectivity index (χ0n) is 12.5. The molecule has 0 aliphatic carbocycles. The number of hydrogen-bond donors (Lipinski definition) is 2. The van der Waals surface area contributed by atoms with Crippen molar-refractivity contribution >= 4 is 35.6 Å². The minimum Gasteiger partial charge on any atom is -0.378 e. The number of ether oxygens (including phenoxy) is 1. The zero-order valence-corrected chi connectivity index (χ0v) is 14.9. The molecule has 1 aliphatic heterocycles. The molecule has 21 heavy (non-hydrogen) atoms. The molecule has 0 atom stereocenters. The standard InChI is InChI=1S/C15H24N4O.HI/c1-2-7-17-15(16)18-12-13-3-5-14(6-4-13)19-8-10-20-11-9-19;/h3-6H,2,7-12H2,1H3,(H3,16,17,18);1H. The second-order valence-corrected chi connectivity index (χ2v) is 4.89. The molecule has 0 unspecified atom stereocenters. The lowest BCUT2D eigenvalue weighted by atomic mass is 10.2. The van der Waals surface area contributed by atoms with Crippen LogP contribution in [-0.2, 0) is 11.3 Å². The summed E-state index contributed by atoms with van der Waals surface area (Å²) in [5.41, 5.74) is 8.19. The van der Waals surface area contributed by atoms with Gasteiger partial charge in [0.05, 0.1) is 19.8 Å². The molecule has 1 fully saturated rings. The normalized spacial score (nSPS) is 15.5. The Labute approximate surface area is 144 Å². The number of halogens is 1. The summed E-state index contributed by atoms with van der Waals surface area (Å²) in [6.45, 7) is 7.13. The number of nitrogens with two attached hydrogens (primary N) is 1. The molecule has 6 heteroatoms. The molecule has 5 nitrogen and oxygen atoms in total. The van der Waals surface area contributed by atoms with E-state index in [4.69, 9.17) is 10.5 Å². The number of rotatable bonds is 5. The predicted molar refractivity (Wildman–Crippen MR) is 98.5 cm³/mol. The Morgan fingerprint density at radius 2 is 1.95 bits per heavy atom. The fourth-order valence-electron chi connectivity index (χ4n) is 2.12. The fourth-order valence-corrected chi connectivity index (χ4v) is 2.12. The lowest BCUT2D eigenvalue weighted by molar-refractivity contribution is 0.122. The van der Waals surface area contributed by atoms with E-state index in [9.17, 15) is 0 Å². The fraction of sp³-hybridized carbons (Fsp3) is 0.533. The lowest BCUT2D eigenvalue weighted by Gasteiger charge is -2.28. The number of guanidine groups is 1. The highest BCUT2D eigenvalue weighted by atomic mass is 127. The van der Waals surface area contributed by atoms with Gasteiger partial charge in [0.2, 0.25) is 0 Å². The van der Waals surface area contributed by atoms with E-state index < -0.39 is 0 Å². The number of hydrogen-bond acceptors (Lipinski definition) is 3. The molecule has 1 aromatic carbocycles. The Hall–Kier alpha value is -1.02. The van der Waals surface area contributed by atoms with Gasteiger partial charge < -0.3 is 20.7 Å². The molecule has 3 N–H and O–H groups in total. The van der Waals surface area contributed by atoms with Gasteiger partial charge >= 0.3 is 0 Å². The summed E-state index contributed by atoms with van der Waals surface area (Å²) < 4.78 is 5.36. The topological polar surface area (TPSA) is 62.9 Å². The van der Waals surface area contributed by atoms with Gasteiger partial charge in [-0.1, -0.05) is 19.1 Å². The molecule has 0 spiro atoms. The van der Waals surface area contributed by atoms with Crippen LogP contribution >= 0.6 is 24.0 Å². The van der Waals surface area contributed by atoms with E-state index in [0.29, 0.717) is 12.5 Å². The van der Waals surface area contributed by atoms with E-state index in [1.165, 1.54) is 11.3 Å². The highest BCUT2D eigenvalue weighted by Gasteiger charge is 2.10. The van der Waals surface area contributed by atoms with Crippen molar-refractivity contribution in [1.29, 1.82) is 0 Å². The first-order valence-electron chi connectivity index (χ1n) is 7.25. The van der Waals surface area contributed by atoms with Crippen molar-refractivity contribution in [2.75, 3.05) is 37.7 Å². The smallest absolute Gasteiger partial charge is 0.188 e. The molecule has 1 heterocycles.